The molecule has 0 atom stereocenters. The number of rotatable bonds is 4. The van der Waals surface area contributed by atoms with E-state index in [1.165, 1.54) is 53.5 Å². The Morgan fingerprint density at radius 2 is 1.89 bits per heavy atom. The van der Waals surface area contributed by atoms with E-state index < -0.39 is 0 Å². The highest BCUT2D eigenvalue weighted by molar-refractivity contribution is 7.10. The van der Waals surface area contributed by atoms with Crippen molar-refractivity contribution in [1.29, 1.82) is 0 Å². The molecule has 140 valence electrons. The molecule has 3 aromatic rings. The normalized spacial score (nSPS) is 13.8. The van der Waals surface area contributed by atoms with Crippen LogP contribution in [0.2, 0.25) is 5.02 Å². The molecule has 2 N–H and O–H groups in total. The van der Waals surface area contributed by atoms with E-state index in [0.29, 0.717) is 16.6 Å². The lowest BCUT2D eigenvalue weighted by Crippen LogP contribution is -2.02. The fourth-order valence-electron chi connectivity index (χ4n) is 3.92. The van der Waals surface area contributed by atoms with Crippen LogP contribution in [0.25, 0.3) is 11.3 Å². The average molecular weight is 397 g/mol. The molecular weight excluding hydrogens is 372 g/mol. The standard InChI is InChI=1S/C23H25ClN2S/c1-14(2)19-12-21(25)20(24)10-18(19)11-23-26-22(13-27-23)17-8-7-15-5-3-4-6-16(15)9-17/h7-10,12-14H,3-6,11,25H2,1-2H3. The van der Waals surface area contributed by atoms with Crippen LogP contribution in [0.15, 0.2) is 35.7 Å². The van der Waals surface area contributed by atoms with Crippen molar-refractivity contribution in [3.63, 3.8) is 0 Å². The van der Waals surface area contributed by atoms with Gasteiger partial charge in [0.05, 0.1) is 21.4 Å². The van der Waals surface area contributed by atoms with Crippen molar-refractivity contribution in [3.8, 4) is 11.3 Å². The maximum Gasteiger partial charge on any atom is 0.0976 e. The van der Waals surface area contributed by atoms with Gasteiger partial charge in [0.15, 0.2) is 0 Å². The molecule has 1 aromatic heterocycles. The van der Waals surface area contributed by atoms with E-state index in [1.807, 2.05) is 12.1 Å². The minimum absolute atomic E-state index is 0.402. The second kappa shape index (κ2) is 7.65. The predicted octanol–water partition coefficient (Wildman–Crippen LogP) is 6.64. The van der Waals surface area contributed by atoms with Crippen LogP contribution in [0.4, 0.5) is 5.69 Å². The lowest BCUT2D eigenvalue weighted by molar-refractivity contribution is 0.686. The third-order valence-corrected chi connectivity index (χ3v) is 6.59. The van der Waals surface area contributed by atoms with Gasteiger partial charge < -0.3 is 5.73 Å². The summed E-state index contributed by atoms with van der Waals surface area (Å²) in [5.74, 6) is 0.402. The highest BCUT2D eigenvalue weighted by Crippen LogP contribution is 2.32. The van der Waals surface area contributed by atoms with E-state index >= 15 is 0 Å². The first-order valence-corrected chi connectivity index (χ1v) is 10.9. The number of hydrogen-bond acceptors (Lipinski definition) is 3. The zero-order chi connectivity index (χ0) is 19.0. The molecule has 1 heterocycles. The highest BCUT2D eigenvalue weighted by Gasteiger charge is 2.15. The summed E-state index contributed by atoms with van der Waals surface area (Å²) in [5.41, 5.74) is 14.5. The molecule has 0 fully saturated rings. The van der Waals surface area contributed by atoms with Gasteiger partial charge in [0.1, 0.15) is 0 Å². The lowest BCUT2D eigenvalue weighted by Gasteiger charge is -2.16. The average Bonchev–Trinajstić information content (AvgIpc) is 3.12. The molecule has 0 aliphatic heterocycles. The van der Waals surface area contributed by atoms with Gasteiger partial charge in [-0.15, -0.1) is 11.3 Å². The van der Waals surface area contributed by atoms with Gasteiger partial charge in [0, 0.05) is 17.4 Å². The lowest BCUT2D eigenvalue weighted by atomic mass is 9.90. The molecule has 0 unspecified atom stereocenters. The molecule has 2 aromatic carbocycles. The number of thiazole rings is 1. The molecule has 0 bridgehead atoms. The Labute approximate surface area is 170 Å². The Kier molecular flexibility index (Phi) is 5.25. The number of aryl methyl sites for hydroxylation is 2. The molecule has 27 heavy (non-hydrogen) atoms. The van der Waals surface area contributed by atoms with E-state index in [0.717, 1.165) is 17.1 Å². The van der Waals surface area contributed by atoms with Gasteiger partial charge >= 0.3 is 0 Å². The molecule has 0 amide bonds. The van der Waals surface area contributed by atoms with E-state index in [-0.39, 0.29) is 0 Å². The number of anilines is 1. The summed E-state index contributed by atoms with van der Waals surface area (Å²) in [6, 6.07) is 10.9. The first-order valence-electron chi connectivity index (χ1n) is 9.65. The Bertz CT molecular complexity index is 975. The molecule has 1 aliphatic carbocycles. The summed E-state index contributed by atoms with van der Waals surface area (Å²) < 4.78 is 0. The molecule has 0 spiro atoms. The Morgan fingerprint density at radius 1 is 1.11 bits per heavy atom. The second-order valence-electron chi connectivity index (χ2n) is 7.72. The maximum atomic E-state index is 6.28. The van der Waals surface area contributed by atoms with Crippen LogP contribution in [-0.2, 0) is 19.3 Å². The molecule has 4 rings (SSSR count). The van der Waals surface area contributed by atoms with Gasteiger partial charge in [0.25, 0.3) is 0 Å². The molecule has 0 saturated heterocycles. The predicted molar refractivity (Wildman–Crippen MR) is 117 cm³/mol. The van der Waals surface area contributed by atoms with Crippen molar-refractivity contribution in [3.05, 3.63) is 68.0 Å². The van der Waals surface area contributed by atoms with Crippen LogP contribution in [0.3, 0.4) is 0 Å². The minimum Gasteiger partial charge on any atom is -0.398 e. The SMILES string of the molecule is CC(C)c1cc(N)c(Cl)cc1Cc1nc(-c2ccc3c(c2)CCCC3)cs1. The molecule has 2 nitrogen and oxygen atoms in total. The number of fused-ring (bicyclic) bond motifs is 1. The van der Waals surface area contributed by atoms with Crippen LogP contribution < -0.4 is 5.73 Å². The summed E-state index contributed by atoms with van der Waals surface area (Å²) >= 11 is 8.00. The van der Waals surface area contributed by atoms with Crippen LogP contribution >= 0.6 is 22.9 Å². The van der Waals surface area contributed by atoms with E-state index in [1.54, 1.807) is 11.3 Å². The topological polar surface area (TPSA) is 38.9 Å². The van der Waals surface area contributed by atoms with Gasteiger partial charge in [-0.05, 0) is 72.1 Å². The first-order chi connectivity index (χ1) is 13.0. The molecule has 0 saturated carbocycles. The number of nitrogens with zero attached hydrogens (tertiary/aromatic N) is 1. The van der Waals surface area contributed by atoms with Crippen LogP contribution in [-0.4, -0.2) is 4.98 Å². The Balaban J connectivity index is 1.61. The molecular formula is C23H25ClN2S. The quantitative estimate of drug-likeness (QED) is 0.502. The second-order valence-corrected chi connectivity index (χ2v) is 9.07. The summed E-state index contributed by atoms with van der Waals surface area (Å²) in [6.45, 7) is 4.37. The van der Waals surface area contributed by atoms with Gasteiger partial charge in [-0.1, -0.05) is 37.6 Å². The number of nitrogen functional groups attached to an aromatic ring is 1. The Morgan fingerprint density at radius 3 is 2.67 bits per heavy atom. The number of aromatic nitrogens is 1. The maximum absolute atomic E-state index is 6.28. The van der Waals surface area contributed by atoms with Crippen molar-refractivity contribution >= 4 is 28.6 Å². The fraction of sp³-hybridized carbons (Fsp3) is 0.348. The summed E-state index contributed by atoms with van der Waals surface area (Å²) in [4.78, 5) is 4.92. The summed E-state index contributed by atoms with van der Waals surface area (Å²) in [7, 11) is 0. The van der Waals surface area contributed by atoms with Crippen LogP contribution in [0, 0.1) is 0 Å². The summed E-state index contributed by atoms with van der Waals surface area (Å²) in [6.07, 6.45) is 5.82. The first kappa shape index (κ1) is 18.5. The fourth-order valence-corrected chi connectivity index (χ4v) is 4.93. The van der Waals surface area contributed by atoms with Crippen molar-refractivity contribution < 1.29 is 0 Å². The monoisotopic (exact) mass is 396 g/mol. The molecule has 4 heteroatoms. The van der Waals surface area contributed by atoms with Gasteiger partial charge in [0.2, 0.25) is 0 Å². The van der Waals surface area contributed by atoms with E-state index in [9.17, 15) is 0 Å². The van der Waals surface area contributed by atoms with Gasteiger partial charge in [-0.2, -0.15) is 0 Å². The van der Waals surface area contributed by atoms with Crippen LogP contribution in [0.1, 0.15) is 59.9 Å². The van der Waals surface area contributed by atoms with Crippen molar-refractivity contribution in [2.75, 3.05) is 5.73 Å². The number of hydrogen-bond donors (Lipinski definition) is 1. The summed E-state index contributed by atoms with van der Waals surface area (Å²) in [5, 5.41) is 3.92. The number of nitrogens with two attached hydrogens (primary N) is 1. The van der Waals surface area contributed by atoms with E-state index in [2.05, 4.69) is 37.4 Å². The van der Waals surface area contributed by atoms with Crippen LogP contribution in [0.5, 0.6) is 0 Å². The third-order valence-electron chi connectivity index (χ3n) is 5.42. The van der Waals surface area contributed by atoms with Crippen molar-refractivity contribution in [1.82, 2.24) is 4.98 Å². The minimum atomic E-state index is 0.402. The largest absolute Gasteiger partial charge is 0.398 e. The van der Waals surface area contributed by atoms with Crippen molar-refractivity contribution in [2.45, 2.75) is 51.9 Å². The number of benzene rings is 2. The zero-order valence-electron chi connectivity index (χ0n) is 15.9. The van der Waals surface area contributed by atoms with E-state index in [4.69, 9.17) is 22.3 Å². The highest BCUT2D eigenvalue weighted by atomic mass is 35.5. The van der Waals surface area contributed by atoms with Gasteiger partial charge in [-0.3, -0.25) is 0 Å². The molecule has 0 radical (unpaired) electrons. The van der Waals surface area contributed by atoms with Crippen molar-refractivity contribution in [2.24, 2.45) is 0 Å². The zero-order valence-corrected chi connectivity index (χ0v) is 17.5. The third kappa shape index (κ3) is 3.90. The Hall–Kier alpha value is -1.84. The molecule has 1 aliphatic rings. The number of halogens is 1. The smallest absolute Gasteiger partial charge is 0.0976 e. The van der Waals surface area contributed by atoms with Gasteiger partial charge in [-0.25, -0.2) is 4.98 Å².